The van der Waals surface area contributed by atoms with Gasteiger partial charge in [-0.2, -0.15) is 0 Å². The SMILES string of the molecule is CCC(CC(=O)O)c1ccc(N2C3CCC2CC(c2ccc(F)cc2)C3)c([N+](=O)[O-])c1. The summed E-state index contributed by atoms with van der Waals surface area (Å²) in [5.74, 6) is -1.06. The second kappa shape index (κ2) is 8.65. The topological polar surface area (TPSA) is 83.7 Å². The number of piperidine rings is 1. The molecule has 4 rings (SSSR count). The van der Waals surface area contributed by atoms with E-state index in [1.54, 1.807) is 6.07 Å². The fourth-order valence-electron chi connectivity index (χ4n) is 5.45. The van der Waals surface area contributed by atoms with Crippen LogP contribution in [0.4, 0.5) is 15.8 Å². The minimum atomic E-state index is -0.903. The highest BCUT2D eigenvalue weighted by molar-refractivity contribution is 5.70. The Kier molecular flexibility index (Phi) is 5.94. The number of nitrogens with zero attached hydrogens (tertiary/aromatic N) is 2. The van der Waals surface area contributed by atoms with Gasteiger partial charge in [0.05, 0.1) is 11.3 Å². The number of aliphatic carboxylic acids is 1. The predicted octanol–water partition coefficient (Wildman–Crippen LogP) is 5.62. The van der Waals surface area contributed by atoms with Gasteiger partial charge in [0.25, 0.3) is 5.69 Å². The minimum Gasteiger partial charge on any atom is -0.481 e. The van der Waals surface area contributed by atoms with Crippen molar-refractivity contribution in [3.8, 4) is 0 Å². The molecule has 31 heavy (non-hydrogen) atoms. The molecule has 0 aromatic heterocycles. The lowest BCUT2D eigenvalue weighted by atomic mass is 9.84. The summed E-state index contributed by atoms with van der Waals surface area (Å²) in [6, 6.07) is 12.3. The highest BCUT2D eigenvalue weighted by Gasteiger charge is 2.43. The van der Waals surface area contributed by atoms with Crippen molar-refractivity contribution in [2.45, 2.75) is 69.4 Å². The second-order valence-electron chi connectivity index (χ2n) is 8.72. The van der Waals surface area contributed by atoms with Gasteiger partial charge >= 0.3 is 5.97 Å². The van der Waals surface area contributed by atoms with Crippen LogP contribution in [0.15, 0.2) is 42.5 Å². The van der Waals surface area contributed by atoms with Crippen molar-refractivity contribution < 1.29 is 19.2 Å². The van der Waals surface area contributed by atoms with Gasteiger partial charge in [0.2, 0.25) is 0 Å². The lowest BCUT2D eigenvalue weighted by Crippen LogP contribution is -2.42. The highest BCUT2D eigenvalue weighted by atomic mass is 19.1. The van der Waals surface area contributed by atoms with Gasteiger partial charge < -0.3 is 10.0 Å². The number of hydrogen-bond donors (Lipinski definition) is 1. The number of fused-ring (bicyclic) bond motifs is 2. The monoisotopic (exact) mass is 426 g/mol. The predicted molar refractivity (Wildman–Crippen MR) is 116 cm³/mol. The van der Waals surface area contributed by atoms with Crippen LogP contribution in [-0.4, -0.2) is 28.1 Å². The van der Waals surface area contributed by atoms with E-state index < -0.39 is 5.97 Å². The maximum atomic E-state index is 13.3. The quantitative estimate of drug-likeness (QED) is 0.459. The number of anilines is 1. The smallest absolute Gasteiger partial charge is 0.303 e. The maximum absolute atomic E-state index is 13.3. The van der Waals surface area contributed by atoms with Gasteiger partial charge in [-0.05, 0) is 73.3 Å². The molecule has 164 valence electrons. The van der Waals surface area contributed by atoms with Gasteiger partial charge in [0, 0.05) is 18.2 Å². The first-order valence-corrected chi connectivity index (χ1v) is 10.9. The Labute approximate surface area is 180 Å². The average molecular weight is 426 g/mol. The van der Waals surface area contributed by atoms with Crippen molar-refractivity contribution in [2.75, 3.05) is 4.90 Å². The third-order valence-corrected chi connectivity index (χ3v) is 6.93. The van der Waals surface area contributed by atoms with Gasteiger partial charge in [0.1, 0.15) is 11.5 Å². The Morgan fingerprint density at radius 3 is 2.39 bits per heavy atom. The van der Waals surface area contributed by atoms with E-state index >= 15 is 0 Å². The Hall–Kier alpha value is -2.96. The molecule has 0 aliphatic carbocycles. The van der Waals surface area contributed by atoms with Gasteiger partial charge in [-0.1, -0.05) is 25.1 Å². The molecule has 2 aromatic rings. The molecule has 2 aromatic carbocycles. The van der Waals surface area contributed by atoms with Crippen LogP contribution in [-0.2, 0) is 4.79 Å². The van der Waals surface area contributed by atoms with E-state index in [2.05, 4.69) is 4.90 Å². The molecule has 3 atom stereocenters. The van der Waals surface area contributed by atoms with Crippen LogP contribution >= 0.6 is 0 Å². The van der Waals surface area contributed by atoms with Crippen molar-refractivity contribution >= 4 is 17.3 Å². The van der Waals surface area contributed by atoms with Crippen LogP contribution in [0.5, 0.6) is 0 Å². The van der Waals surface area contributed by atoms with Crippen LogP contribution < -0.4 is 4.90 Å². The number of carbonyl (C=O) groups is 1. The lowest BCUT2D eigenvalue weighted by Gasteiger charge is -2.40. The van der Waals surface area contributed by atoms with Crippen molar-refractivity contribution in [2.24, 2.45) is 0 Å². The normalized spacial score (nSPS) is 23.5. The first kappa shape index (κ1) is 21.3. The summed E-state index contributed by atoms with van der Waals surface area (Å²) in [7, 11) is 0. The van der Waals surface area contributed by atoms with Crippen molar-refractivity contribution in [3.05, 3.63) is 69.5 Å². The van der Waals surface area contributed by atoms with Crippen LogP contribution in [0, 0.1) is 15.9 Å². The summed E-state index contributed by atoms with van der Waals surface area (Å²) >= 11 is 0. The van der Waals surface area contributed by atoms with E-state index in [-0.39, 0.29) is 40.9 Å². The molecule has 1 N–H and O–H groups in total. The van der Waals surface area contributed by atoms with E-state index in [1.165, 1.54) is 12.1 Å². The number of carboxylic acid groups (broad SMARTS) is 1. The van der Waals surface area contributed by atoms with E-state index in [1.807, 2.05) is 31.2 Å². The number of hydrogen-bond acceptors (Lipinski definition) is 4. The van der Waals surface area contributed by atoms with E-state index in [4.69, 9.17) is 5.11 Å². The zero-order valence-electron chi connectivity index (χ0n) is 17.5. The summed E-state index contributed by atoms with van der Waals surface area (Å²) < 4.78 is 13.3. The molecule has 3 unspecified atom stereocenters. The van der Waals surface area contributed by atoms with Crippen LogP contribution in [0.2, 0.25) is 0 Å². The number of nitro benzene ring substituents is 1. The Morgan fingerprint density at radius 2 is 1.84 bits per heavy atom. The molecule has 0 spiro atoms. The van der Waals surface area contributed by atoms with Gasteiger partial charge in [-0.3, -0.25) is 14.9 Å². The molecule has 0 radical (unpaired) electrons. The second-order valence-corrected chi connectivity index (χ2v) is 8.72. The van der Waals surface area contributed by atoms with Crippen LogP contribution in [0.1, 0.15) is 68.4 Å². The standard InChI is InChI=1S/C24H27FN2O4/c1-2-15(14-24(28)29)17-5-10-22(23(13-17)27(30)31)26-20-8-9-21(26)12-18(11-20)16-3-6-19(25)7-4-16/h3-7,10,13,15,18,20-21H,2,8-9,11-12,14H2,1H3,(H,28,29). The first-order chi connectivity index (χ1) is 14.9. The lowest BCUT2D eigenvalue weighted by molar-refractivity contribution is -0.384. The van der Waals surface area contributed by atoms with Gasteiger partial charge in [-0.25, -0.2) is 4.39 Å². The maximum Gasteiger partial charge on any atom is 0.303 e. The fourth-order valence-corrected chi connectivity index (χ4v) is 5.45. The van der Waals surface area contributed by atoms with Crippen molar-refractivity contribution in [3.63, 3.8) is 0 Å². The molecule has 2 fully saturated rings. The molecule has 0 saturated carbocycles. The molecule has 0 amide bonds. The number of nitro groups is 1. The summed E-state index contributed by atoms with van der Waals surface area (Å²) in [4.78, 5) is 25.0. The fraction of sp³-hybridized carbons (Fsp3) is 0.458. The molecular formula is C24H27FN2O4. The molecule has 2 saturated heterocycles. The van der Waals surface area contributed by atoms with E-state index in [9.17, 15) is 19.3 Å². The van der Waals surface area contributed by atoms with Crippen LogP contribution in [0.25, 0.3) is 0 Å². The third kappa shape index (κ3) is 4.27. The summed E-state index contributed by atoms with van der Waals surface area (Å²) in [6.07, 6.45) is 4.31. The third-order valence-electron chi connectivity index (χ3n) is 6.93. The zero-order valence-corrected chi connectivity index (χ0v) is 17.5. The van der Waals surface area contributed by atoms with Gasteiger partial charge in [0.15, 0.2) is 0 Å². The first-order valence-electron chi connectivity index (χ1n) is 10.9. The zero-order chi connectivity index (χ0) is 22.1. The van der Waals surface area contributed by atoms with E-state index in [0.717, 1.165) is 31.2 Å². The molecular weight excluding hydrogens is 399 g/mol. The number of halogens is 1. The highest BCUT2D eigenvalue weighted by Crippen LogP contribution is 2.48. The van der Waals surface area contributed by atoms with Gasteiger partial charge in [-0.15, -0.1) is 0 Å². The molecule has 2 bridgehead atoms. The Morgan fingerprint density at radius 1 is 1.19 bits per heavy atom. The van der Waals surface area contributed by atoms with E-state index in [0.29, 0.717) is 23.6 Å². The molecule has 2 aliphatic rings. The summed E-state index contributed by atoms with van der Waals surface area (Å²) in [6.45, 7) is 1.90. The van der Waals surface area contributed by atoms with Crippen molar-refractivity contribution in [1.29, 1.82) is 0 Å². The molecule has 2 heterocycles. The van der Waals surface area contributed by atoms with Crippen molar-refractivity contribution in [1.82, 2.24) is 0 Å². The summed E-state index contributed by atoms with van der Waals surface area (Å²) in [5.41, 5.74) is 2.51. The Bertz CT molecular complexity index is 964. The molecule has 6 nitrogen and oxygen atoms in total. The number of rotatable bonds is 7. The largest absolute Gasteiger partial charge is 0.481 e. The Balaban J connectivity index is 1.61. The number of benzene rings is 2. The molecule has 2 aliphatic heterocycles. The minimum absolute atomic E-state index is 0.0404. The van der Waals surface area contributed by atoms with Crippen LogP contribution in [0.3, 0.4) is 0 Å². The average Bonchev–Trinajstić information content (AvgIpc) is 3.00. The summed E-state index contributed by atoms with van der Waals surface area (Å²) in [5, 5.41) is 21.1. The number of carboxylic acids is 1. The molecule has 7 heteroatoms.